The van der Waals surface area contributed by atoms with Crippen LogP contribution in [0.15, 0.2) is 75.2 Å². The number of aliphatic imine (C=N–C) groups is 2. The Bertz CT molecular complexity index is 1880. The molecule has 2 aliphatic heterocycles. The number of benzene rings is 2. The molecule has 2 atom stereocenters. The Balaban J connectivity index is 1.20. The Labute approximate surface area is 243 Å². The number of aromatic nitrogens is 2. The minimum atomic E-state index is -0.393. The number of furan rings is 1. The summed E-state index contributed by atoms with van der Waals surface area (Å²) in [5.74, 6) is 3.62. The molecule has 42 heavy (non-hydrogen) atoms. The number of nitrogens with zero attached hydrogens (tertiary/aromatic N) is 3. The third-order valence-electron chi connectivity index (χ3n) is 7.73. The first kappa shape index (κ1) is 26.0. The number of pyridine rings is 1. The van der Waals surface area contributed by atoms with E-state index in [9.17, 15) is 4.79 Å². The predicted molar refractivity (Wildman–Crippen MR) is 165 cm³/mol. The molecule has 5 heterocycles. The zero-order valence-electron chi connectivity index (χ0n) is 23.8. The first-order chi connectivity index (χ1) is 20.4. The van der Waals surface area contributed by atoms with Crippen LogP contribution in [0.1, 0.15) is 31.9 Å². The quantitative estimate of drug-likeness (QED) is 0.243. The number of esters is 1. The minimum Gasteiger partial charge on any atom is -0.456 e. The lowest BCUT2D eigenvalue weighted by molar-refractivity contribution is -0.131. The van der Waals surface area contributed by atoms with Gasteiger partial charge in [-0.1, -0.05) is 32.0 Å². The van der Waals surface area contributed by atoms with E-state index < -0.39 is 5.97 Å². The van der Waals surface area contributed by atoms with Gasteiger partial charge in [0.05, 0.1) is 11.2 Å². The highest BCUT2D eigenvalue weighted by molar-refractivity contribution is 6.04. The molecule has 0 saturated heterocycles. The summed E-state index contributed by atoms with van der Waals surface area (Å²) >= 11 is 0. The van der Waals surface area contributed by atoms with Crippen LogP contribution in [0.4, 0.5) is 0 Å². The summed E-state index contributed by atoms with van der Waals surface area (Å²) in [7, 11) is 0. The van der Waals surface area contributed by atoms with Crippen molar-refractivity contribution < 1.29 is 13.9 Å². The van der Waals surface area contributed by atoms with Crippen LogP contribution in [0.5, 0.6) is 5.75 Å². The van der Waals surface area contributed by atoms with Crippen LogP contribution in [0.25, 0.3) is 44.6 Å². The Morgan fingerprint density at radius 2 is 1.57 bits per heavy atom. The van der Waals surface area contributed by atoms with Crippen LogP contribution in [0, 0.1) is 11.8 Å². The van der Waals surface area contributed by atoms with Crippen molar-refractivity contribution in [2.24, 2.45) is 21.8 Å². The molecule has 3 N–H and O–H groups in total. The number of fused-ring (bicyclic) bond motifs is 2. The first-order valence-electron chi connectivity index (χ1n) is 14.3. The van der Waals surface area contributed by atoms with E-state index in [1.165, 1.54) is 6.92 Å². The maximum absolute atomic E-state index is 12.0. The van der Waals surface area contributed by atoms with E-state index in [-0.39, 0.29) is 0 Å². The van der Waals surface area contributed by atoms with Crippen LogP contribution in [0.2, 0.25) is 0 Å². The molecule has 9 nitrogen and oxygen atoms in total. The lowest BCUT2D eigenvalue weighted by atomic mass is 10.1. The summed E-state index contributed by atoms with van der Waals surface area (Å²) in [6, 6.07) is 18.0. The fraction of sp³-hybridized carbons (Fsp3) is 0.273. The molecule has 0 amide bonds. The Hall–Kier alpha value is -4.92. The molecule has 2 unspecified atom stereocenters. The van der Waals surface area contributed by atoms with Gasteiger partial charge in [-0.25, -0.2) is 0 Å². The lowest BCUT2D eigenvalue weighted by Gasteiger charge is -2.19. The van der Waals surface area contributed by atoms with Gasteiger partial charge in [-0.2, -0.15) is 0 Å². The van der Waals surface area contributed by atoms with Gasteiger partial charge in [0, 0.05) is 66.8 Å². The Morgan fingerprint density at radius 1 is 0.881 bits per heavy atom. The molecule has 2 aliphatic rings. The van der Waals surface area contributed by atoms with Crippen molar-refractivity contribution in [2.45, 2.75) is 20.8 Å². The van der Waals surface area contributed by atoms with Gasteiger partial charge < -0.3 is 24.8 Å². The second-order valence-electron chi connectivity index (χ2n) is 11.3. The number of rotatable bonds is 5. The van der Waals surface area contributed by atoms with Crippen molar-refractivity contribution >= 4 is 39.5 Å². The fourth-order valence-corrected chi connectivity index (χ4v) is 5.42. The van der Waals surface area contributed by atoms with E-state index >= 15 is 0 Å². The number of carbonyl (C=O) groups is 1. The Kier molecular flexibility index (Phi) is 6.49. The molecule has 0 bridgehead atoms. The maximum Gasteiger partial charge on any atom is 0.308 e. The number of hydrogen-bond donors (Lipinski definition) is 3. The molecule has 0 radical (unpaired) electrons. The zero-order chi connectivity index (χ0) is 28.8. The van der Waals surface area contributed by atoms with E-state index in [1.807, 2.05) is 42.5 Å². The van der Waals surface area contributed by atoms with Crippen LogP contribution in [0.3, 0.4) is 0 Å². The summed E-state index contributed by atoms with van der Waals surface area (Å²) in [4.78, 5) is 29.6. The van der Waals surface area contributed by atoms with E-state index in [2.05, 4.69) is 51.6 Å². The molecular formula is C33H32N6O3. The summed E-state index contributed by atoms with van der Waals surface area (Å²) in [6.45, 7) is 9.19. The predicted octanol–water partition coefficient (Wildman–Crippen LogP) is 5.54. The fourth-order valence-electron chi connectivity index (χ4n) is 5.42. The highest BCUT2D eigenvalue weighted by atomic mass is 16.5. The molecule has 3 aromatic heterocycles. The molecule has 9 heteroatoms. The van der Waals surface area contributed by atoms with E-state index in [0.717, 1.165) is 82.2 Å². The van der Waals surface area contributed by atoms with Gasteiger partial charge in [0.25, 0.3) is 0 Å². The van der Waals surface area contributed by atoms with Gasteiger partial charge in [-0.3, -0.25) is 19.8 Å². The zero-order valence-corrected chi connectivity index (χ0v) is 23.8. The van der Waals surface area contributed by atoms with Crippen molar-refractivity contribution in [2.75, 3.05) is 26.2 Å². The van der Waals surface area contributed by atoms with Crippen molar-refractivity contribution in [3.05, 3.63) is 71.9 Å². The van der Waals surface area contributed by atoms with Gasteiger partial charge in [-0.05, 0) is 48.2 Å². The van der Waals surface area contributed by atoms with E-state index in [4.69, 9.17) is 14.1 Å². The smallest absolute Gasteiger partial charge is 0.308 e. The SMILES string of the molecule is CC(=O)Oc1c(-c2ccc(-c3cc4ccc(C5=NCC(C)CN5)cc4o3)cn2)[nH]c2cc(C3=NCC(C)CN3)ccc12. The third kappa shape index (κ3) is 4.91. The van der Waals surface area contributed by atoms with Crippen LogP contribution in [-0.2, 0) is 4.79 Å². The number of aromatic amines is 1. The van der Waals surface area contributed by atoms with Crippen LogP contribution in [-0.4, -0.2) is 53.8 Å². The third-order valence-corrected chi connectivity index (χ3v) is 7.73. The molecule has 2 aromatic carbocycles. The van der Waals surface area contributed by atoms with Crippen molar-refractivity contribution in [1.29, 1.82) is 0 Å². The average molecular weight is 561 g/mol. The van der Waals surface area contributed by atoms with Crippen molar-refractivity contribution in [3.63, 3.8) is 0 Å². The average Bonchev–Trinajstić information content (AvgIpc) is 3.59. The van der Waals surface area contributed by atoms with Gasteiger partial charge in [0.2, 0.25) is 0 Å². The number of ether oxygens (including phenoxy) is 1. The molecule has 0 fully saturated rings. The van der Waals surface area contributed by atoms with Gasteiger partial charge >= 0.3 is 5.97 Å². The summed E-state index contributed by atoms with van der Waals surface area (Å²) < 4.78 is 11.9. The second kappa shape index (κ2) is 10.5. The minimum absolute atomic E-state index is 0.393. The number of amidine groups is 2. The van der Waals surface area contributed by atoms with Crippen LogP contribution < -0.4 is 15.4 Å². The summed E-state index contributed by atoms with van der Waals surface area (Å²) in [6.07, 6.45) is 1.78. The van der Waals surface area contributed by atoms with E-state index in [0.29, 0.717) is 29.0 Å². The van der Waals surface area contributed by atoms with Crippen LogP contribution >= 0.6 is 0 Å². The monoisotopic (exact) mass is 560 g/mol. The second-order valence-corrected chi connectivity index (χ2v) is 11.3. The molecule has 5 aromatic rings. The van der Waals surface area contributed by atoms with Crippen molar-refractivity contribution in [3.8, 4) is 28.5 Å². The molecular weight excluding hydrogens is 528 g/mol. The number of carbonyl (C=O) groups excluding carboxylic acids is 1. The van der Waals surface area contributed by atoms with Gasteiger partial charge in [0.1, 0.15) is 28.7 Å². The van der Waals surface area contributed by atoms with Gasteiger partial charge in [0.15, 0.2) is 5.75 Å². The first-order valence-corrected chi connectivity index (χ1v) is 14.3. The highest BCUT2D eigenvalue weighted by Gasteiger charge is 2.20. The lowest BCUT2D eigenvalue weighted by Crippen LogP contribution is -2.35. The normalized spacial score (nSPS) is 18.7. The molecule has 0 aliphatic carbocycles. The van der Waals surface area contributed by atoms with Crippen molar-refractivity contribution in [1.82, 2.24) is 20.6 Å². The van der Waals surface area contributed by atoms with E-state index in [1.54, 1.807) is 6.20 Å². The molecule has 7 rings (SSSR count). The molecule has 0 spiro atoms. The number of nitrogens with one attached hydrogen (secondary N) is 3. The maximum atomic E-state index is 12.0. The highest BCUT2D eigenvalue weighted by Crippen LogP contribution is 2.38. The Morgan fingerprint density at radius 3 is 2.21 bits per heavy atom. The summed E-state index contributed by atoms with van der Waals surface area (Å²) in [5.41, 5.74) is 5.78. The largest absolute Gasteiger partial charge is 0.456 e. The molecule has 0 saturated carbocycles. The summed E-state index contributed by atoms with van der Waals surface area (Å²) in [5, 5.41) is 8.64. The molecule has 212 valence electrons. The standard InChI is InChI=1S/C33H32N6O3/c1-18-13-35-32(36-14-18)22-6-8-25-27(10-22)39-30(31(25)41-20(3)40)26-9-7-24(17-34-26)29-11-21-4-5-23(12-28(21)42-29)33-37-15-19(2)16-38-33/h4-12,17-19,39H,13-16H2,1-3H3,(H,35,36)(H,37,38). The van der Waals surface area contributed by atoms with Gasteiger partial charge in [-0.15, -0.1) is 0 Å². The topological polar surface area (TPSA) is 117 Å². The number of H-pyrrole nitrogens is 1. The number of hydrogen-bond acceptors (Lipinski definition) is 8.